The second-order valence-corrected chi connectivity index (χ2v) is 4.02. The van der Waals surface area contributed by atoms with E-state index in [0.717, 1.165) is 19.4 Å². The van der Waals surface area contributed by atoms with Gasteiger partial charge in [0.15, 0.2) is 0 Å². The van der Waals surface area contributed by atoms with Crippen LogP contribution in [0.15, 0.2) is 12.7 Å². The van der Waals surface area contributed by atoms with Crippen LogP contribution in [0.2, 0.25) is 0 Å². The van der Waals surface area contributed by atoms with Crippen molar-refractivity contribution >= 4 is 5.97 Å². The molecule has 1 aromatic heterocycles. The van der Waals surface area contributed by atoms with Crippen LogP contribution in [0.25, 0.3) is 0 Å². The summed E-state index contributed by atoms with van der Waals surface area (Å²) >= 11 is 0. The maximum Gasteiger partial charge on any atom is 0.325 e. The minimum atomic E-state index is -0.892. The van der Waals surface area contributed by atoms with Gasteiger partial charge in [0.1, 0.15) is 18.2 Å². The van der Waals surface area contributed by atoms with Crippen LogP contribution in [0.3, 0.4) is 0 Å². The molecule has 90 valence electrons. The number of carbonyl (C=O) groups excluding carboxylic acids is 1. The third-order valence-electron chi connectivity index (χ3n) is 2.45. The van der Waals surface area contributed by atoms with Crippen LogP contribution in [0.1, 0.15) is 26.2 Å². The van der Waals surface area contributed by atoms with E-state index in [0.29, 0.717) is 6.42 Å². The average Bonchev–Trinajstić information content (AvgIpc) is 2.76. The van der Waals surface area contributed by atoms with Gasteiger partial charge < -0.3 is 10.5 Å². The molecule has 0 fully saturated rings. The number of esters is 1. The summed E-state index contributed by atoms with van der Waals surface area (Å²) in [7, 11) is 1.35. The van der Waals surface area contributed by atoms with Gasteiger partial charge in [-0.2, -0.15) is 5.10 Å². The summed E-state index contributed by atoms with van der Waals surface area (Å²) in [6.45, 7) is 2.48. The number of aromatic nitrogens is 3. The molecule has 1 aromatic rings. The fourth-order valence-electron chi connectivity index (χ4n) is 1.45. The molecule has 0 spiro atoms. The number of unbranched alkanes of at least 4 members (excludes halogenated alkanes) is 1. The van der Waals surface area contributed by atoms with Crippen LogP contribution in [0.4, 0.5) is 0 Å². The summed E-state index contributed by atoms with van der Waals surface area (Å²) in [5, 5.41) is 3.98. The van der Waals surface area contributed by atoms with E-state index in [1.807, 2.05) is 0 Å². The predicted octanol–water partition coefficient (Wildman–Crippen LogP) is 0.339. The molecule has 6 nitrogen and oxygen atoms in total. The molecule has 16 heavy (non-hydrogen) atoms. The van der Waals surface area contributed by atoms with Gasteiger partial charge in [0, 0.05) is 6.54 Å². The first kappa shape index (κ1) is 12.6. The van der Waals surface area contributed by atoms with E-state index in [1.54, 1.807) is 17.9 Å². The molecule has 0 saturated carbocycles. The Kier molecular flexibility index (Phi) is 4.42. The zero-order valence-corrected chi connectivity index (χ0v) is 9.72. The first-order chi connectivity index (χ1) is 7.56. The highest BCUT2D eigenvalue weighted by molar-refractivity contribution is 5.79. The van der Waals surface area contributed by atoms with Crippen LogP contribution in [-0.4, -0.2) is 33.4 Å². The Hall–Kier alpha value is -1.43. The molecule has 6 heteroatoms. The number of hydrogen-bond acceptors (Lipinski definition) is 5. The van der Waals surface area contributed by atoms with E-state index < -0.39 is 5.54 Å². The van der Waals surface area contributed by atoms with Crippen LogP contribution in [-0.2, 0) is 16.1 Å². The molecule has 1 unspecified atom stereocenters. The largest absolute Gasteiger partial charge is 0.468 e. The number of methoxy groups -OCH3 is 1. The normalized spacial score (nSPS) is 14.4. The SMILES string of the molecule is COC(=O)C(C)(N)CCCCn1cncn1. The zero-order valence-electron chi connectivity index (χ0n) is 9.72. The van der Waals surface area contributed by atoms with E-state index in [4.69, 9.17) is 5.73 Å². The Morgan fingerprint density at radius 1 is 1.56 bits per heavy atom. The Bertz CT molecular complexity index is 322. The zero-order chi connectivity index (χ0) is 12.0. The van der Waals surface area contributed by atoms with E-state index in [-0.39, 0.29) is 5.97 Å². The van der Waals surface area contributed by atoms with Crippen molar-refractivity contribution in [1.29, 1.82) is 0 Å². The topological polar surface area (TPSA) is 83.0 Å². The van der Waals surface area contributed by atoms with Crippen molar-refractivity contribution in [2.45, 2.75) is 38.3 Å². The fraction of sp³-hybridized carbons (Fsp3) is 0.700. The van der Waals surface area contributed by atoms with Gasteiger partial charge in [-0.05, 0) is 26.2 Å². The smallest absolute Gasteiger partial charge is 0.325 e. The molecule has 0 saturated heterocycles. The Morgan fingerprint density at radius 2 is 2.31 bits per heavy atom. The first-order valence-corrected chi connectivity index (χ1v) is 5.26. The van der Waals surface area contributed by atoms with Crippen LogP contribution >= 0.6 is 0 Å². The first-order valence-electron chi connectivity index (χ1n) is 5.26. The molecule has 0 aliphatic carbocycles. The van der Waals surface area contributed by atoms with Crippen molar-refractivity contribution in [2.75, 3.05) is 7.11 Å². The van der Waals surface area contributed by atoms with Gasteiger partial charge in [0.25, 0.3) is 0 Å². The minimum Gasteiger partial charge on any atom is -0.468 e. The highest BCUT2D eigenvalue weighted by Gasteiger charge is 2.28. The summed E-state index contributed by atoms with van der Waals surface area (Å²) in [5.41, 5.74) is 4.93. The molecule has 0 aliphatic rings. The number of nitrogens with two attached hydrogens (primary N) is 1. The third kappa shape index (κ3) is 3.62. The molecule has 0 aromatic carbocycles. The van der Waals surface area contributed by atoms with Gasteiger partial charge in [-0.15, -0.1) is 0 Å². The van der Waals surface area contributed by atoms with Crippen molar-refractivity contribution in [3.8, 4) is 0 Å². The summed E-state index contributed by atoms with van der Waals surface area (Å²) in [5.74, 6) is -0.367. The molecule has 0 aliphatic heterocycles. The summed E-state index contributed by atoms with van der Waals surface area (Å²) in [4.78, 5) is 15.1. The Balaban J connectivity index is 2.22. The summed E-state index contributed by atoms with van der Waals surface area (Å²) in [6.07, 6.45) is 5.53. The standard InChI is InChI=1S/C10H18N4O2/c1-10(11,9(15)16-2)5-3-4-6-14-8-12-7-13-14/h7-8H,3-6,11H2,1-2H3. The monoisotopic (exact) mass is 226 g/mol. The lowest BCUT2D eigenvalue weighted by Crippen LogP contribution is -2.45. The van der Waals surface area contributed by atoms with Gasteiger partial charge in [0.2, 0.25) is 0 Å². The van der Waals surface area contributed by atoms with E-state index in [1.165, 1.54) is 13.4 Å². The number of rotatable bonds is 6. The second-order valence-electron chi connectivity index (χ2n) is 4.02. The molecule has 0 bridgehead atoms. The fourth-order valence-corrected chi connectivity index (χ4v) is 1.45. The molecule has 1 heterocycles. The molecule has 1 rings (SSSR count). The number of aryl methyl sites for hydroxylation is 1. The minimum absolute atomic E-state index is 0.367. The van der Waals surface area contributed by atoms with Crippen LogP contribution in [0.5, 0.6) is 0 Å². The number of nitrogens with zero attached hydrogens (tertiary/aromatic N) is 3. The lowest BCUT2D eigenvalue weighted by molar-refractivity contribution is -0.146. The van der Waals surface area contributed by atoms with Crippen molar-refractivity contribution in [2.24, 2.45) is 5.73 Å². The Labute approximate surface area is 94.8 Å². The van der Waals surface area contributed by atoms with E-state index >= 15 is 0 Å². The summed E-state index contributed by atoms with van der Waals surface area (Å²) < 4.78 is 6.38. The van der Waals surface area contributed by atoms with Crippen molar-refractivity contribution in [3.63, 3.8) is 0 Å². The quantitative estimate of drug-likeness (QED) is 0.558. The van der Waals surface area contributed by atoms with Gasteiger partial charge in [-0.25, -0.2) is 4.98 Å². The highest BCUT2D eigenvalue weighted by Crippen LogP contribution is 2.12. The second kappa shape index (κ2) is 5.60. The van der Waals surface area contributed by atoms with E-state index in [2.05, 4.69) is 14.8 Å². The lowest BCUT2D eigenvalue weighted by Gasteiger charge is -2.20. The molecule has 1 atom stereocenters. The van der Waals surface area contributed by atoms with Gasteiger partial charge in [-0.1, -0.05) is 0 Å². The van der Waals surface area contributed by atoms with Gasteiger partial charge in [0.05, 0.1) is 7.11 Å². The highest BCUT2D eigenvalue weighted by atomic mass is 16.5. The number of hydrogen-bond donors (Lipinski definition) is 1. The summed E-state index contributed by atoms with van der Waals surface area (Å²) in [6, 6.07) is 0. The van der Waals surface area contributed by atoms with Crippen molar-refractivity contribution in [1.82, 2.24) is 14.8 Å². The third-order valence-corrected chi connectivity index (χ3v) is 2.45. The van der Waals surface area contributed by atoms with E-state index in [9.17, 15) is 4.79 Å². The predicted molar refractivity (Wildman–Crippen MR) is 58.5 cm³/mol. The van der Waals surface area contributed by atoms with Gasteiger partial charge >= 0.3 is 5.97 Å². The maximum absolute atomic E-state index is 11.3. The molecule has 0 radical (unpaired) electrons. The maximum atomic E-state index is 11.3. The lowest BCUT2D eigenvalue weighted by atomic mass is 9.96. The van der Waals surface area contributed by atoms with Gasteiger partial charge in [-0.3, -0.25) is 9.48 Å². The molecular weight excluding hydrogens is 208 g/mol. The molecule has 2 N–H and O–H groups in total. The number of ether oxygens (including phenoxy) is 1. The molecule has 0 amide bonds. The Morgan fingerprint density at radius 3 is 2.88 bits per heavy atom. The number of carbonyl (C=O) groups is 1. The molecular formula is C10H18N4O2. The van der Waals surface area contributed by atoms with Crippen LogP contribution < -0.4 is 5.73 Å². The average molecular weight is 226 g/mol. The van der Waals surface area contributed by atoms with Crippen LogP contribution in [0, 0.1) is 0 Å². The van der Waals surface area contributed by atoms with Crippen molar-refractivity contribution in [3.05, 3.63) is 12.7 Å². The van der Waals surface area contributed by atoms with Crippen molar-refractivity contribution < 1.29 is 9.53 Å².